The highest BCUT2D eigenvalue weighted by Gasteiger charge is 2.30. The summed E-state index contributed by atoms with van der Waals surface area (Å²) in [6, 6.07) is 14.4. The molecule has 6 heteroatoms. The standard InChI is InChI=1S/C18H15F3N2O/c19-18(20,21)15-8-6-14(7-9-15)17-16(13-4-2-1-3-5-13)22-12-23(17)10-11-24/h1-9,12,24H,10-11H2. The first-order valence-electron chi connectivity index (χ1n) is 7.40. The number of aliphatic hydroxyl groups is 1. The Kier molecular flexibility index (Phi) is 4.40. The molecule has 0 aliphatic rings. The zero-order valence-corrected chi connectivity index (χ0v) is 12.7. The van der Waals surface area contributed by atoms with Crippen molar-refractivity contribution in [3.8, 4) is 22.5 Å². The Labute approximate surface area is 137 Å². The molecule has 0 saturated carbocycles. The first kappa shape index (κ1) is 16.3. The molecule has 0 spiro atoms. The molecule has 0 radical (unpaired) electrons. The van der Waals surface area contributed by atoms with E-state index >= 15 is 0 Å². The summed E-state index contributed by atoms with van der Waals surface area (Å²) >= 11 is 0. The van der Waals surface area contributed by atoms with Gasteiger partial charge in [0.15, 0.2) is 0 Å². The molecule has 3 rings (SSSR count). The normalized spacial score (nSPS) is 11.7. The Morgan fingerprint density at radius 3 is 2.17 bits per heavy atom. The quantitative estimate of drug-likeness (QED) is 0.776. The van der Waals surface area contributed by atoms with Crippen molar-refractivity contribution >= 4 is 0 Å². The predicted molar refractivity (Wildman–Crippen MR) is 85.2 cm³/mol. The molecule has 124 valence electrons. The van der Waals surface area contributed by atoms with Crippen molar-refractivity contribution < 1.29 is 18.3 Å². The summed E-state index contributed by atoms with van der Waals surface area (Å²) in [6.45, 7) is 0.231. The molecule has 24 heavy (non-hydrogen) atoms. The van der Waals surface area contributed by atoms with Crippen LogP contribution in [0.4, 0.5) is 13.2 Å². The van der Waals surface area contributed by atoms with Crippen LogP contribution in [0.1, 0.15) is 5.56 Å². The molecule has 1 aromatic heterocycles. The van der Waals surface area contributed by atoms with E-state index in [1.807, 2.05) is 30.3 Å². The molecule has 3 aromatic rings. The Morgan fingerprint density at radius 1 is 0.917 bits per heavy atom. The maximum atomic E-state index is 12.8. The number of rotatable bonds is 4. The van der Waals surface area contributed by atoms with E-state index in [0.29, 0.717) is 23.5 Å². The zero-order valence-electron chi connectivity index (χ0n) is 12.7. The van der Waals surface area contributed by atoms with Crippen molar-refractivity contribution in [2.24, 2.45) is 0 Å². The largest absolute Gasteiger partial charge is 0.416 e. The lowest BCUT2D eigenvalue weighted by atomic mass is 10.0. The smallest absolute Gasteiger partial charge is 0.395 e. The van der Waals surface area contributed by atoms with Crippen molar-refractivity contribution in [1.82, 2.24) is 9.55 Å². The van der Waals surface area contributed by atoms with Gasteiger partial charge in [-0.15, -0.1) is 0 Å². The average molecular weight is 332 g/mol. The van der Waals surface area contributed by atoms with Crippen molar-refractivity contribution in [3.63, 3.8) is 0 Å². The first-order chi connectivity index (χ1) is 11.5. The minimum absolute atomic E-state index is 0.0851. The van der Waals surface area contributed by atoms with Crippen molar-refractivity contribution in [2.45, 2.75) is 12.7 Å². The lowest BCUT2D eigenvalue weighted by Gasteiger charge is -2.11. The minimum atomic E-state index is -4.37. The summed E-state index contributed by atoms with van der Waals surface area (Å²) in [7, 11) is 0. The van der Waals surface area contributed by atoms with Crippen LogP contribution < -0.4 is 0 Å². The van der Waals surface area contributed by atoms with Gasteiger partial charge in [-0.1, -0.05) is 42.5 Å². The molecule has 0 unspecified atom stereocenters. The number of aromatic nitrogens is 2. The summed E-state index contributed by atoms with van der Waals surface area (Å²) in [4.78, 5) is 4.38. The molecule has 0 atom stereocenters. The molecule has 0 bridgehead atoms. The third-order valence-electron chi connectivity index (χ3n) is 3.71. The fraction of sp³-hybridized carbons (Fsp3) is 0.167. The van der Waals surface area contributed by atoms with Gasteiger partial charge < -0.3 is 9.67 Å². The second-order valence-electron chi connectivity index (χ2n) is 5.30. The number of imidazole rings is 1. The van der Waals surface area contributed by atoms with Crippen molar-refractivity contribution in [2.75, 3.05) is 6.61 Å². The predicted octanol–water partition coefficient (Wildman–Crippen LogP) is 4.23. The summed E-state index contributed by atoms with van der Waals surface area (Å²) in [5, 5.41) is 9.22. The number of alkyl halides is 3. The molecule has 0 aliphatic carbocycles. The van der Waals surface area contributed by atoms with Gasteiger partial charge in [0.2, 0.25) is 0 Å². The van der Waals surface area contributed by atoms with Gasteiger partial charge in [-0.05, 0) is 12.1 Å². The summed E-state index contributed by atoms with van der Waals surface area (Å²) < 4.78 is 40.0. The second kappa shape index (κ2) is 6.49. The van der Waals surface area contributed by atoms with Crippen LogP contribution in [0.3, 0.4) is 0 Å². The monoisotopic (exact) mass is 332 g/mol. The van der Waals surface area contributed by atoms with Gasteiger partial charge in [-0.3, -0.25) is 0 Å². The SMILES string of the molecule is OCCn1cnc(-c2ccccc2)c1-c1ccc(C(F)(F)F)cc1. The second-order valence-corrected chi connectivity index (χ2v) is 5.30. The molecule has 1 N–H and O–H groups in total. The van der Waals surface area contributed by atoms with Gasteiger partial charge in [0, 0.05) is 17.7 Å². The van der Waals surface area contributed by atoms with Crippen LogP contribution in [0.2, 0.25) is 0 Å². The lowest BCUT2D eigenvalue weighted by molar-refractivity contribution is -0.137. The van der Waals surface area contributed by atoms with Crippen LogP contribution in [0.15, 0.2) is 60.9 Å². The molecule has 0 amide bonds. The number of halogens is 3. The van der Waals surface area contributed by atoms with E-state index in [-0.39, 0.29) is 6.61 Å². The molecular formula is C18H15F3N2O. The molecule has 0 aliphatic heterocycles. The van der Waals surface area contributed by atoms with Crippen LogP contribution in [-0.2, 0) is 12.7 Å². The fourth-order valence-electron chi connectivity index (χ4n) is 2.59. The Hall–Kier alpha value is -2.60. The van der Waals surface area contributed by atoms with Crippen LogP contribution in [0.5, 0.6) is 0 Å². The maximum absolute atomic E-state index is 12.8. The van der Waals surface area contributed by atoms with Gasteiger partial charge in [0.1, 0.15) is 0 Å². The maximum Gasteiger partial charge on any atom is 0.416 e. The van der Waals surface area contributed by atoms with E-state index in [0.717, 1.165) is 17.7 Å². The van der Waals surface area contributed by atoms with E-state index in [9.17, 15) is 18.3 Å². The molecule has 2 aromatic carbocycles. The van der Waals surface area contributed by atoms with E-state index in [1.165, 1.54) is 12.1 Å². The summed E-state index contributed by atoms with van der Waals surface area (Å²) in [6.07, 6.45) is -2.78. The average Bonchev–Trinajstić information content (AvgIpc) is 2.99. The minimum Gasteiger partial charge on any atom is -0.395 e. The third kappa shape index (κ3) is 3.19. The molecular weight excluding hydrogens is 317 g/mol. The Bertz CT molecular complexity index is 809. The Balaban J connectivity index is 2.10. The van der Waals surface area contributed by atoms with E-state index < -0.39 is 11.7 Å². The van der Waals surface area contributed by atoms with Gasteiger partial charge in [-0.2, -0.15) is 13.2 Å². The van der Waals surface area contributed by atoms with Crippen LogP contribution in [0, 0.1) is 0 Å². The van der Waals surface area contributed by atoms with Crippen LogP contribution in [-0.4, -0.2) is 21.3 Å². The zero-order chi connectivity index (χ0) is 17.2. The number of hydrogen-bond donors (Lipinski definition) is 1. The van der Waals surface area contributed by atoms with Crippen LogP contribution in [0.25, 0.3) is 22.5 Å². The molecule has 0 fully saturated rings. The number of nitrogens with zero attached hydrogens (tertiary/aromatic N) is 2. The van der Waals surface area contributed by atoms with Gasteiger partial charge in [0.05, 0.1) is 29.9 Å². The van der Waals surface area contributed by atoms with E-state index in [4.69, 9.17) is 0 Å². The number of hydrogen-bond acceptors (Lipinski definition) is 2. The van der Waals surface area contributed by atoms with Gasteiger partial charge in [-0.25, -0.2) is 4.98 Å². The number of aliphatic hydroxyl groups excluding tert-OH is 1. The fourth-order valence-corrected chi connectivity index (χ4v) is 2.59. The van der Waals surface area contributed by atoms with Crippen LogP contribution >= 0.6 is 0 Å². The van der Waals surface area contributed by atoms with Crippen molar-refractivity contribution in [3.05, 3.63) is 66.5 Å². The molecule has 1 heterocycles. The first-order valence-corrected chi connectivity index (χ1v) is 7.40. The molecule has 3 nitrogen and oxygen atoms in total. The highest BCUT2D eigenvalue weighted by Crippen LogP contribution is 2.34. The number of benzene rings is 2. The van der Waals surface area contributed by atoms with Crippen molar-refractivity contribution in [1.29, 1.82) is 0 Å². The topological polar surface area (TPSA) is 38.0 Å². The highest BCUT2D eigenvalue weighted by atomic mass is 19.4. The Morgan fingerprint density at radius 2 is 1.58 bits per heavy atom. The summed E-state index contributed by atoms with van der Waals surface area (Å²) in [5.74, 6) is 0. The lowest BCUT2D eigenvalue weighted by Crippen LogP contribution is -2.05. The van der Waals surface area contributed by atoms with E-state index in [2.05, 4.69) is 4.98 Å². The highest BCUT2D eigenvalue weighted by molar-refractivity contribution is 5.78. The van der Waals surface area contributed by atoms with Gasteiger partial charge >= 0.3 is 6.18 Å². The van der Waals surface area contributed by atoms with E-state index in [1.54, 1.807) is 10.9 Å². The summed E-state index contributed by atoms with van der Waals surface area (Å²) in [5.41, 5.74) is 2.14. The van der Waals surface area contributed by atoms with Gasteiger partial charge in [0.25, 0.3) is 0 Å². The third-order valence-corrected chi connectivity index (χ3v) is 3.71. The molecule has 0 saturated heterocycles.